The Morgan fingerprint density at radius 2 is 1.94 bits per heavy atom. The molecule has 1 heterocycles. The van der Waals surface area contributed by atoms with Crippen LogP contribution in [0.1, 0.15) is 29.7 Å². The molecule has 0 bridgehead atoms. The lowest BCUT2D eigenvalue weighted by molar-refractivity contribution is 0.585. The molecule has 17 heavy (non-hydrogen) atoms. The zero-order valence-corrected chi connectivity index (χ0v) is 12.0. The van der Waals surface area contributed by atoms with Crippen molar-refractivity contribution in [2.75, 3.05) is 0 Å². The van der Waals surface area contributed by atoms with Crippen LogP contribution in [0.5, 0.6) is 0 Å². The third-order valence-corrected chi connectivity index (χ3v) is 6.70. The summed E-state index contributed by atoms with van der Waals surface area (Å²) in [7, 11) is 0. The SMILES string of the molecule is BrC(c1csc2ccccc12)C1C2CCCC21. The summed E-state index contributed by atoms with van der Waals surface area (Å²) >= 11 is 5.86. The Hall–Kier alpha value is -0.340. The summed E-state index contributed by atoms with van der Waals surface area (Å²) in [6.07, 6.45) is 4.41. The molecule has 2 aliphatic carbocycles. The largest absolute Gasteiger partial charge is 0.143 e. The predicted molar refractivity (Wildman–Crippen MR) is 77.8 cm³/mol. The van der Waals surface area contributed by atoms with E-state index >= 15 is 0 Å². The number of fused-ring (bicyclic) bond motifs is 2. The average molecular weight is 307 g/mol. The van der Waals surface area contributed by atoms with Crippen LogP contribution in [0.15, 0.2) is 29.6 Å². The van der Waals surface area contributed by atoms with E-state index in [1.165, 1.54) is 34.9 Å². The maximum absolute atomic E-state index is 3.98. The van der Waals surface area contributed by atoms with Gasteiger partial charge in [0.15, 0.2) is 0 Å². The summed E-state index contributed by atoms with van der Waals surface area (Å²) < 4.78 is 1.43. The first-order valence-corrected chi connectivity index (χ1v) is 8.26. The van der Waals surface area contributed by atoms with E-state index in [0.29, 0.717) is 4.83 Å². The summed E-state index contributed by atoms with van der Waals surface area (Å²) in [5.41, 5.74) is 1.53. The van der Waals surface area contributed by atoms with E-state index in [4.69, 9.17) is 0 Å². The standard InChI is InChI=1S/C15H15BrS/c16-15(14-10-5-3-6-11(10)14)12-8-17-13-7-2-1-4-9(12)13/h1-2,4,7-8,10-11,14-15H,3,5-6H2. The van der Waals surface area contributed by atoms with Crippen molar-refractivity contribution in [3.8, 4) is 0 Å². The maximum Gasteiger partial charge on any atom is 0.0443 e. The van der Waals surface area contributed by atoms with E-state index in [1.807, 2.05) is 11.3 Å². The summed E-state index contributed by atoms with van der Waals surface area (Å²) in [6, 6.07) is 8.80. The molecular formula is C15H15BrS. The van der Waals surface area contributed by atoms with Gasteiger partial charge >= 0.3 is 0 Å². The fourth-order valence-electron chi connectivity index (χ4n) is 3.73. The van der Waals surface area contributed by atoms with Gasteiger partial charge in [-0.1, -0.05) is 40.5 Å². The number of halogens is 1. The number of thiophene rings is 1. The second kappa shape index (κ2) is 3.83. The highest BCUT2D eigenvalue weighted by atomic mass is 79.9. The minimum Gasteiger partial charge on any atom is -0.143 e. The van der Waals surface area contributed by atoms with Gasteiger partial charge < -0.3 is 0 Å². The van der Waals surface area contributed by atoms with Crippen molar-refractivity contribution < 1.29 is 0 Å². The lowest BCUT2D eigenvalue weighted by atomic mass is 10.0. The third-order valence-electron chi connectivity index (χ3n) is 4.62. The molecule has 0 saturated heterocycles. The number of hydrogen-bond donors (Lipinski definition) is 0. The van der Waals surface area contributed by atoms with Crippen molar-refractivity contribution in [1.29, 1.82) is 0 Å². The fraction of sp³-hybridized carbons (Fsp3) is 0.467. The van der Waals surface area contributed by atoms with Crippen LogP contribution < -0.4 is 0 Å². The van der Waals surface area contributed by atoms with Crippen molar-refractivity contribution in [3.05, 3.63) is 35.2 Å². The molecule has 0 spiro atoms. The Balaban J connectivity index is 1.70. The van der Waals surface area contributed by atoms with E-state index in [9.17, 15) is 0 Å². The zero-order chi connectivity index (χ0) is 11.4. The van der Waals surface area contributed by atoms with E-state index in [0.717, 1.165) is 17.8 Å². The molecule has 1 aromatic heterocycles. The van der Waals surface area contributed by atoms with Gasteiger partial charge in [0.05, 0.1) is 0 Å². The van der Waals surface area contributed by atoms with Crippen LogP contribution >= 0.6 is 27.3 Å². The maximum atomic E-state index is 3.98. The van der Waals surface area contributed by atoms with Crippen molar-refractivity contribution in [1.82, 2.24) is 0 Å². The minimum absolute atomic E-state index is 0.592. The first-order valence-electron chi connectivity index (χ1n) is 6.46. The summed E-state index contributed by atoms with van der Waals surface area (Å²) in [5.74, 6) is 2.97. The van der Waals surface area contributed by atoms with E-state index < -0.39 is 0 Å². The first-order chi connectivity index (χ1) is 8.36. The van der Waals surface area contributed by atoms with Gasteiger partial charge in [0, 0.05) is 9.53 Å². The second-order valence-electron chi connectivity index (χ2n) is 5.42. The molecule has 1 aromatic carbocycles. The number of benzene rings is 1. The van der Waals surface area contributed by atoms with Crippen LogP contribution in [-0.2, 0) is 0 Å². The quantitative estimate of drug-likeness (QED) is 0.653. The van der Waals surface area contributed by atoms with E-state index in [-0.39, 0.29) is 0 Å². The minimum atomic E-state index is 0.592. The van der Waals surface area contributed by atoms with Crippen LogP contribution in [0.25, 0.3) is 10.1 Å². The Labute approximate surface area is 114 Å². The van der Waals surface area contributed by atoms with Gasteiger partial charge in [-0.05, 0) is 53.0 Å². The molecule has 3 atom stereocenters. The lowest BCUT2D eigenvalue weighted by Gasteiger charge is -2.11. The molecule has 0 amide bonds. The highest BCUT2D eigenvalue weighted by Gasteiger charge is 2.55. The molecule has 0 aliphatic heterocycles. The number of rotatable bonds is 2. The number of hydrogen-bond acceptors (Lipinski definition) is 1. The first kappa shape index (κ1) is 10.6. The lowest BCUT2D eigenvalue weighted by Crippen LogP contribution is -1.97. The van der Waals surface area contributed by atoms with Crippen molar-refractivity contribution in [3.63, 3.8) is 0 Å². The Morgan fingerprint density at radius 3 is 2.76 bits per heavy atom. The summed E-state index contributed by atoms with van der Waals surface area (Å²) in [6.45, 7) is 0. The fourth-order valence-corrected chi connectivity index (χ4v) is 6.07. The van der Waals surface area contributed by atoms with E-state index in [1.54, 1.807) is 0 Å². The Morgan fingerprint density at radius 1 is 1.18 bits per heavy atom. The Bertz CT molecular complexity index is 549. The molecule has 0 nitrogen and oxygen atoms in total. The molecule has 2 saturated carbocycles. The monoisotopic (exact) mass is 306 g/mol. The summed E-state index contributed by atoms with van der Waals surface area (Å²) in [4.78, 5) is 0.592. The number of alkyl halides is 1. The highest BCUT2D eigenvalue weighted by molar-refractivity contribution is 9.09. The molecule has 0 radical (unpaired) electrons. The van der Waals surface area contributed by atoms with E-state index in [2.05, 4.69) is 45.6 Å². The predicted octanol–water partition coefficient (Wildman–Crippen LogP) is 5.38. The third kappa shape index (κ3) is 1.53. The summed E-state index contributed by atoms with van der Waals surface area (Å²) in [5, 5.41) is 3.82. The van der Waals surface area contributed by atoms with Gasteiger partial charge in [-0.15, -0.1) is 11.3 Å². The topological polar surface area (TPSA) is 0 Å². The van der Waals surface area contributed by atoms with Crippen molar-refractivity contribution in [2.24, 2.45) is 17.8 Å². The molecule has 4 rings (SSSR count). The van der Waals surface area contributed by atoms with Crippen LogP contribution in [0.4, 0.5) is 0 Å². The van der Waals surface area contributed by atoms with Gasteiger partial charge in [-0.25, -0.2) is 0 Å². The normalized spacial score (nSPS) is 32.6. The van der Waals surface area contributed by atoms with Gasteiger partial charge in [0.25, 0.3) is 0 Å². The molecule has 2 fully saturated rings. The zero-order valence-electron chi connectivity index (χ0n) is 9.60. The van der Waals surface area contributed by atoms with Crippen LogP contribution in [0.2, 0.25) is 0 Å². The van der Waals surface area contributed by atoms with Gasteiger partial charge in [0.2, 0.25) is 0 Å². The molecule has 88 valence electrons. The average Bonchev–Trinajstić information content (AvgIpc) is 2.77. The molecule has 2 aliphatic rings. The van der Waals surface area contributed by atoms with Gasteiger partial charge in [0.1, 0.15) is 0 Å². The van der Waals surface area contributed by atoms with Crippen molar-refractivity contribution in [2.45, 2.75) is 24.1 Å². The molecule has 2 aromatic rings. The highest BCUT2D eigenvalue weighted by Crippen LogP contribution is 2.64. The Kier molecular flexibility index (Phi) is 2.38. The van der Waals surface area contributed by atoms with Gasteiger partial charge in [-0.3, -0.25) is 0 Å². The molecule has 0 N–H and O–H groups in total. The molecule has 3 unspecified atom stereocenters. The van der Waals surface area contributed by atoms with Gasteiger partial charge in [-0.2, -0.15) is 0 Å². The molecular weight excluding hydrogens is 292 g/mol. The van der Waals surface area contributed by atoms with Crippen LogP contribution in [0, 0.1) is 17.8 Å². The van der Waals surface area contributed by atoms with Crippen LogP contribution in [-0.4, -0.2) is 0 Å². The smallest absolute Gasteiger partial charge is 0.0443 e. The second-order valence-corrected chi connectivity index (χ2v) is 7.32. The van der Waals surface area contributed by atoms with Crippen molar-refractivity contribution >= 4 is 37.4 Å². The van der Waals surface area contributed by atoms with Crippen LogP contribution in [0.3, 0.4) is 0 Å². The molecule has 2 heteroatoms.